The van der Waals surface area contributed by atoms with Crippen LogP contribution in [-0.4, -0.2) is 0 Å². The molecule has 0 radical (unpaired) electrons. The van der Waals surface area contributed by atoms with Crippen molar-refractivity contribution in [3.8, 4) is 12.3 Å². The summed E-state index contributed by atoms with van der Waals surface area (Å²) < 4.78 is 0. The van der Waals surface area contributed by atoms with Gasteiger partial charge in [-0.05, 0) is 32.3 Å². The van der Waals surface area contributed by atoms with E-state index in [1.54, 1.807) is 0 Å². The topological polar surface area (TPSA) is 0 Å². The lowest BCUT2D eigenvalue weighted by Gasteiger charge is -2.10. The van der Waals surface area contributed by atoms with Crippen LogP contribution in [0.1, 0.15) is 26.7 Å². The predicted octanol–water partition coefficient (Wildman–Crippen LogP) is 2.68. The second kappa shape index (κ2) is 2.75. The Bertz CT molecular complexity index is 233. The molecule has 0 nitrogen and oxygen atoms in total. The fourth-order valence-corrected chi connectivity index (χ4v) is 1.23. The third kappa shape index (κ3) is 1.30. The molecule has 0 atom stereocenters. The van der Waals surface area contributed by atoms with Crippen LogP contribution in [0.4, 0.5) is 0 Å². The van der Waals surface area contributed by atoms with Gasteiger partial charge in [0.2, 0.25) is 0 Å². The second-order valence-corrected chi connectivity index (χ2v) is 2.80. The van der Waals surface area contributed by atoms with Crippen molar-refractivity contribution < 1.29 is 0 Å². The van der Waals surface area contributed by atoms with Crippen LogP contribution in [0, 0.1) is 12.3 Å². The van der Waals surface area contributed by atoms with Crippen molar-refractivity contribution in [3.05, 3.63) is 22.8 Å². The average Bonchev–Trinajstić information content (AvgIpc) is 1.88. The molecule has 0 saturated carbocycles. The van der Waals surface area contributed by atoms with Gasteiger partial charge in [-0.25, -0.2) is 0 Å². The Labute approximate surface area is 62.6 Å². The highest BCUT2D eigenvalue weighted by Crippen LogP contribution is 2.22. The first-order valence-electron chi connectivity index (χ1n) is 3.57. The molecule has 1 aliphatic carbocycles. The summed E-state index contributed by atoms with van der Waals surface area (Å²) in [6.07, 6.45) is 9.68. The molecule has 0 heterocycles. The molecule has 0 heteroatoms. The smallest absolute Gasteiger partial charge is 0.00499 e. The average molecular weight is 132 g/mol. The summed E-state index contributed by atoms with van der Waals surface area (Å²) in [4.78, 5) is 0. The zero-order valence-electron chi connectivity index (χ0n) is 6.57. The van der Waals surface area contributed by atoms with E-state index in [2.05, 4.69) is 25.8 Å². The van der Waals surface area contributed by atoms with Crippen LogP contribution in [0.15, 0.2) is 22.8 Å². The monoisotopic (exact) mass is 132 g/mol. The van der Waals surface area contributed by atoms with Crippen LogP contribution in [0.2, 0.25) is 0 Å². The predicted molar refractivity (Wildman–Crippen MR) is 44.5 cm³/mol. The lowest BCUT2D eigenvalue weighted by Crippen LogP contribution is -1.92. The van der Waals surface area contributed by atoms with E-state index in [0.29, 0.717) is 0 Å². The van der Waals surface area contributed by atoms with Crippen LogP contribution in [0.5, 0.6) is 0 Å². The molecule has 0 aliphatic heterocycles. The van der Waals surface area contributed by atoms with Gasteiger partial charge in [0.15, 0.2) is 0 Å². The molecule has 10 heavy (non-hydrogen) atoms. The fourth-order valence-electron chi connectivity index (χ4n) is 1.23. The largest absolute Gasteiger partial charge is 0.115 e. The fraction of sp³-hybridized carbons (Fsp3) is 0.400. The Morgan fingerprint density at radius 1 is 1.40 bits per heavy atom. The molecule has 1 aliphatic rings. The summed E-state index contributed by atoms with van der Waals surface area (Å²) in [5, 5.41) is 0. The summed E-state index contributed by atoms with van der Waals surface area (Å²) in [7, 11) is 0. The molecule has 0 N–H and O–H groups in total. The van der Waals surface area contributed by atoms with Crippen LogP contribution in [0.25, 0.3) is 0 Å². The van der Waals surface area contributed by atoms with E-state index in [1.165, 1.54) is 16.7 Å². The molecular formula is C10H12. The highest BCUT2D eigenvalue weighted by atomic mass is 14.1. The molecule has 0 amide bonds. The maximum Gasteiger partial charge on any atom is 0.00499 e. The molecule has 1 rings (SSSR count). The number of hydrogen-bond donors (Lipinski definition) is 0. The van der Waals surface area contributed by atoms with Crippen molar-refractivity contribution in [3.63, 3.8) is 0 Å². The van der Waals surface area contributed by atoms with Gasteiger partial charge in [0.25, 0.3) is 0 Å². The number of hydrogen-bond acceptors (Lipinski definition) is 0. The SMILES string of the molecule is C#CC1=C(C)C=C(C)CC1. The minimum Gasteiger partial charge on any atom is -0.115 e. The Balaban J connectivity index is 2.93. The van der Waals surface area contributed by atoms with Crippen molar-refractivity contribution in [1.82, 2.24) is 0 Å². The third-order valence-corrected chi connectivity index (χ3v) is 1.88. The molecule has 52 valence electrons. The lowest BCUT2D eigenvalue weighted by molar-refractivity contribution is 0.916. The normalized spacial score (nSPS) is 18.3. The Hall–Kier alpha value is -0.960. The molecular weight excluding hydrogens is 120 g/mol. The summed E-state index contributed by atoms with van der Waals surface area (Å²) in [5.74, 6) is 2.71. The summed E-state index contributed by atoms with van der Waals surface area (Å²) >= 11 is 0. The minimum atomic E-state index is 1.06. The first kappa shape index (κ1) is 7.15. The molecule has 0 aromatic rings. The number of terminal acetylenes is 1. The van der Waals surface area contributed by atoms with Crippen molar-refractivity contribution >= 4 is 0 Å². The van der Waals surface area contributed by atoms with E-state index in [9.17, 15) is 0 Å². The van der Waals surface area contributed by atoms with Crippen LogP contribution in [0.3, 0.4) is 0 Å². The minimum absolute atomic E-state index is 1.06. The van der Waals surface area contributed by atoms with E-state index in [-0.39, 0.29) is 0 Å². The molecule has 0 aromatic heterocycles. The second-order valence-electron chi connectivity index (χ2n) is 2.80. The van der Waals surface area contributed by atoms with Crippen molar-refractivity contribution in [2.45, 2.75) is 26.7 Å². The van der Waals surface area contributed by atoms with Gasteiger partial charge >= 0.3 is 0 Å². The highest BCUT2D eigenvalue weighted by molar-refractivity contribution is 5.40. The molecule has 0 fully saturated rings. The summed E-state index contributed by atoms with van der Waals surface area (Å²) in [6, 6.07) is 0. The van der Waals surface area contributed by atoms with E-state index in [1.807, 2.05) is 0 Å². The van der Waals surface area contributed by atoms with Crippen LogP contribution >= 0.6 is 0 Å². The van der Waals surface area contributed by atoms with Gasteiger partial charge in [-0.1, -0.05) is 17.6 Å². The molecule has 0 spiro atoms. The van der Waals surface area contributed by atoms with Crippen molar-refractivity contribution in [2.75, 3.05) is 0 Å². The Morgan fingerprint density at radius 2 is 2.10 bits per heavy atom. The quantitative estimate of drug-likeness (QED) is 0.444. The Kier molecular flexibility index (Phi) is 1.97. The molecule has 0 bridgehead atoms. The van der Waals surface area contributed by atoms with Gasteiger partial charge < -0.3 is 0 Å². The molecule has 0 saturated heterocycles. The van der Waals surface area contributed by atoms with E-state index >= 15 is 0 Å². The zero-order chi connectivity index (χ0) is 7.56. The van der Waals surface area contributed by atoms with Gasteiger partial charge in [0.1, 0.15) is 0 Å². The van der Waals surface area contributed by atoms with Crippen molar-refractivity contribution in [1.29, 1.82) is 0 Å². The standard InChI is InChI=1S/C10H12/c1-4-10-6-5-8(2)7-9(10)3/h1,7H,5-6H2,2-3H3. The van der Waals surface area contributed by atoms with E-state index in [4.69, 9.17) is 6.42 Å². The Morgan fingerprint density at radius 3 is 2.60 bits per heavy atom. The van der Waals surface area contributed by atoms with E-state index < -0.39 is 0 Å². The first-order chi connectivity index (χ1) is 4.74. The number of rotatable bonds is 0. The highest BCUT2D eigenvalue weighted by Gasteiger charge is 2.04. The summed E-state index contributed by atoms with van der Waals surface area (Å²) in [5.41, 5.74) is 3.88. The maximum atomic E-state index is 5.30. The maximum absolute atomic E-state index is 5.30. The van der Waals surface area contributed by atoms with Gasteiger partial charge in [0.05, 0.1) is 0 Å². The van der Waals surface area contributed by atoms with Gasteiger partial charge in [-0.15, -0.1) is 6.42 Å². The van der Waals surface area contributed by atoms with Gasteiger partial charge in [-0.2, -0.15) is 0 Å². The van der Waals surface area contributed by atoms with Crippen molar-refractivity contribution in [2.24, 2.45) is 0 Å². The van der Waals surface area contributed by atoms with Crippen LogP contribution < -0.4 is 0 Å². The lowest BCUT2D eigenvalue weighted by atomic mass is 9.94. The third-order valence-electron chi connectivity index (χ3n) is 1.88. The molecule has 0 aromatic carbocycles. The zero-order valence-corrected chi connectivity index (χ0v) is 6.57. The molecule has 0 unspecified atom stereocenters. The van der Waals surface area contributed by atoms with E-state index in [0.717, 1.165) is 12.8 Å². The van der Waals surface area contributed by atoms with Crippen LogP contribution in [-0.2, 0) is 0 Å². The van der Waals surface area contributed by atoms with Gasteiger partial charge in [0, 0.05) is 5.57 Å². The number of allylic oxidation sites excluding steroid dienone is 4. The summed E-state index contributed by atoms with van der Waals surface area (Å²) in [6.45, 7) is 4.23. The van der Waals surface area contributed by atoms with Gasteiger partial charge in [-0.3, -0.25) is 0 Å². The first-order valence-corrected chi connectivity index (χ1v) is 3.57.